The molecule has 0 saturated carbocycles. The number of aliphatic hydroxyl groups is 1. The van der Waals surface area contributed by atoms with Crippen molar-refractivity contribution in [2.45, 2.75) is 54.4 Å². The van der Waals surface area contributed by atoms with Gasteiger partial charge in [0.2, 0.25) is 0 Å². The summed E-state index contributed by atoms with van der Waals surface area (Å²) in [5, 5.41) is 9.05. The Morgan fingerprint density at radius 2 is 1.12 bits per heavy atom. The lowest BCUT2D eigenvalue weighted by Gasteiger charge is -2.29. The molecule has 2 heteroatoms. The highest BCUT2D eigenvalue weighted by Gasteiger charge is 2.16. The topological polar surface area (TPSA) is 23.5 Å². The van der Waals surface area contributed by atoms with Crippen molar-refractivity contribution >= 4 is 0 Å². The average Bonchev–Trinajstić information content (AvgIpc) is 2.07. The Hall–Kier alpha value is -0.0800. The predicted octanol–water partition coefficient (Wildman–Crippen LogP) is 3.15. The van der Waals surface area contributed by atoms with Crippen LogP contribution in [-0.4, -0.2) is 36.2 Å². The number of aliphatic hydroxyl groups excluding tert-OH is 1. The Morgan fingerprint density at radius 1 is 0.750 bits per heavy atom. The van der Waals surface area contributed by atoms with Crippen molar-refractivity contribution in [3.8, 4) is 0 Å². The van der Waals surface area contributed by atoms with Crippen LogP contribution in [0.5, 0.6) is 0 Å². The molecule has 0 radical (unpaired) electrons. The third-order valence-electron chi connectivity index (χ3n) is 2.77. The standard InChI is InChI=1S/C14H31NO/c1-13(2,3)7-9-15(11-12-16)10-8-14(4,5)6/h16H,7-12H2,1-6H3. The summed E-state index contributed by atoms with van der Waals surface area (Å²) in [7, 11) is 0. The van der Waals surface area contributed by atoms with Gasteiger partial charge in [-0.05, 0) is 36.8 Å². The first-order valence-electron chi connectivity index (χ1n) is 6.47. The van der Waals surface area contributed by atoms with E-state index >= 15 is 0 Å². The zero-order chi connectivity index (χ0) is 12.8. The van der Waals surface area contributed by atoms with Gasteiger partial charge in [0.15, 0.2) is 0 Å². The van der Waals surface area contributed by atoms with E-state index < -0.39 is 0 Å². The highest BCUT2D eigenvalue weighted by molar-refractivity contribution is 4.69. The molecule has 2 nitrogen and oxygen atoms in total. The Kier molecular flexibility index (Phi) is 6.57. The summed E-state index contributed by atoms with van der Waals surface area (Å²) in [5.41, 5.74) is 0.769. The van der Waals surface area contributed by atoms with E-state index in [0.717, 1.165) is 19.6 Å². The van der Waals surface area contributed by atoms with E-state index in [0.29, 0.717) is 10.8 Å². The fraction of sp³-hybridized carbons (Fsp3) is 1.00. The molecule has 0 aromatic carbocycles. The fourth-order valence-corrected chi connectivity index (χ4v) is 1.46. The van der Waals surface area contributed by atoms with Crippen LogP contribution in [0.3, 0.4) is 0 Å². The normalized spacial score (nSPS) is 13.5. The molecule has 0 fully saturated rings. The van der Waals surface area contributed by atoms with Crippen molar-refractivity contribution in [2.24, 2.45) is 10.8 Å². The van der Waals surface area contributed by atoms with E-state index in [-0.39, 0.29) is 6.61 Å². The third-order valence-corrected chi connectivity index (χ3v) is 2.77. The number of hydrogen-bond donors (Lipinski definition) is 1. The van der Waals surface area contributed by atoms with E-state index in [2.05, 4.69) is 46.4 Å². The van der Waals surface area contributed by atoms with Gasteiger partial charge in [-0.15, -0.1) is 0 Å². The lowest BCUT2D eigenvalue weighted by molar-refractivity contribution is 0.160. The molecule has 0 aliphatic heterocycles. The van der Waals surface area contributed by atoms with E-state index in [4.69, 9.17) is 5.11 Å². The largest absolute Gasteiger partial charge is 0.395 e. The maximum atomic E-state index is 9.05. The van der Waals surface area contributed by atoms with Crippen molar-refractivity contribution in [3.05, 3.63) is 0 Å². The first-order chi connectivity index (χ1) is 7.14. The van der Waals surface area contributed by atoms with E-state index in [1.165, 1.54) is 12.8 Å². The summed E-state index contributed by atoms with van der Waals surface area (Å²) in [4.78, 5) is 2.39. The minimum absolute atomic E-state index is 0.272. The SMILES string of the molecule is CC(C)(C)CCN(CCO)CCC(C)(C)C. The molecule has 1 N–H and O–H groups in total. The molecule has 0 rings (SSSR count). The van der Waals surface area contributed by atoms with Crippen LogP contribution in [0, 0.1) is 10.8 Å². The van der Waals surface area contributed by atoms with E-state index in [1.54, 1.807) is 0 Å². The number of rotatable bonds is 6. The van der Waals surface area contributed by atoms with Crippen molar-refractivity contribution in [1.29, 1.82) is 0 Å². The Balaban J connectivity index is 3.98. The van der Waals surface area contributed by atoms with E-state index in [9.17, 15) is 0 Å². The van der Waals surface area contributed by atoms with Gasteiger partial charge < -0.3 is 10.0 Å². The Labute approximate surface area is 102 Å². The van der Waals surface area contributed by atoms with Crippen LogP contribution in [0.4, 0.5) is 0 Å². The smallest absolute Gasteiger partial charge is 0.0558 e. The zero-order valence-electron chi connectivity index (χ0n) is 12.1. The first kappa shape index (κ1) is 15.9. The van der Waals surface area contributed by atoms with Gasteiger partial charge in [-0.2, -0.15) is 0 Å². The van der Waals surface area contributed by atoms with Crippen LogP contribution >= 0.6 is 0 Å². The molecule has 0 spiro atoms. The fourth-order valence-electron chi connectivity index (χ4n) is 1.46. The van der Waals surface area contributed by atoms with Crippen molar-refractivity contribution < 1.29 is 5.11 Å². The molecule has 16 heavy (non-hydrogen) atoms. The molecular weight excluding hydrogens is 198 g/mol. The molecule has 0 amide bonds. The molecule has 0 aliphatic rings. The molecule has 0 saturated heterocycles. The van der Waals surface area contributed by atoms with Crippen LogP contribution in [-0.2, 0) is 0 Å². The van der Waals surface area contributed by atoms with Crippen LogP contribution in [0.15, 0.2) is 0 Å². The molecule has 0 aromatic rings. The maximum Gasteiger partial charge on any atom is 0.0558 e. The van der Waals surface area contributed by atoms with E-state index in [1.807, 2.05) is 0 Å². The zero-order valence-corrected chi connectivity index (χ0v) is 12.1. The van der Waals surface area contributed by atoms with Gasteiger partial charge in [0.1, 0.15) is 0 Å². The molecule has 0 heterocycles. The molecular formula is C14H31NO. The van der Waals surface area contributed by atoms with Crippen LogP contribution in [0.25, 0.3) is 0 Å². The van der Waals surface area contributed by atoms with Crippen molar-refractivity contribution in [3.63, 3.8) is 0 Å². The number of hydrogen-bond acceptors (Lipinski definition) is 2. The van der Waals surface area contributed by atoms with Crippen molar-refractivity contribution in [2.75, 3.05) is 26.2 Å². The quantitative estimate of drug-likeness (QED) is 0.756. The molecule has 0 aliphatic carbocycles. The minimum Gasteiger partial charge on any atom is -0.395 e. The average molecular weight is 229 g/mol. The van der Waals surface area contributed by atoms with Gasteiger partial charge in [-0.1, -0.05) is 41.5 Å². The molecule has 0 bridgehead atoms. The second-order valence-corrected chi connectivity index (χ2v) is 7.19. The highest BCUT2D eigenvalue weighted by Crippen LogP contribution is 2.21. The maximum absolute atomic E-state index is 9.05. The second-order valence-electron chi connectivity index (χ2n) is 7.19. The summed E-state index contributed by atoms with van der Waals surface area (Å²) in [6, 6.07) is 0. The van der Waals surface area contributed by atoms with Gasteiger partial charge in [0.25, 0.3) is 0 Å². The summed E-state index contributed by atoms with van der Waals surface area (Å²) >= 11 is 0. The predicted molar refractivity (Wildman–Crippen MR) is 71.7 cm³/mol. The Morgan fingerprint density at radius 3 is 1.38 bits per heavy atom. The lowest BCUT2D eigenvalue weighted by Crippen LogP contribution is -2.33. The highest BCUT2D eigenvalue weighted by atomic mass is 16.3. The summed E-state index contributed by atoms with van der Waals surface area (Å²) in [6.45, 7) is 16.9. The molecule has 0 atom stereocenters. The summed E-state index contributed by atoms with van der Waals surface area (Å²) < 4.78 is 0. The summed E-state index contributed by atoms with van der Waals surface area (Å²) in [5.74, 6) is 0. The van der Waals surface area contributed by atoms with Crippen LogP contribution in [0.2, 0.25) is 0 Å². The van der Waals surface area contributed by atoms with Crippen LogP contribution < -0.4 is 0 Å². The second kappa shape index (κ2) is 6.61. The third kappa shape index (κ3) is 10.4. The van der Waals surface area contributed by atoms with Gasteiger partial charge in [-0.25, -0.2) is 0 Å². The van der Waals surface area contributed by atoms with Crippen LogP contribution in [0.1, 0.15) is 54.4 Å². The molecule has 98 valence electrons. The number of nitrogens with zero attached hydrogens (tertiary/aromatic N) is 1. The molecule has 0 aromatic heterocycles. The van der Waals surface area contributed by atoms with Gasteiger partial charge in [-0.3, -0.25) is 0 Å². The lowest BCUT2D eigenvalue weighted by atomic mass is 9.90. The Bertz CT molecular complexity index is 158. The van der Waals surface area contributed by atoms with Gasteiger partial charge >= 0.3 is 0 Å². The van der Waals surface area contributed by atoms with Gasteiger partial charge in [0.05, 0.1) is 6.61 Å². The first-order valence-corrected chi connectivity index (χ1v) is 6.47. The summed E-state index contributed by atoms with van der Waals surface area (Å²) in [6.07, 6.45) is 2.38. The molecule has 0 unspecified atom stereocenters. The van der Waals surface area contributed by atoms with Gasteiger partial charge in [0, 0.05) is 6.54 Å². The minimum atomic E-state index is 0.272. The van der Waals surface area contributed by atoms with Crippen molar-refractivity contribution in [1.82, 2.24) is 4.90 Å². The monoisotopic (exact) mass is 229 g/mol.